The number of furan rings is 1. The molecule has 0 fully saturated rings. The summed E-state index contributed by atoms with van der Waals surface area (Å²) in [5, 5.41) is 13.6. The molecular formula is C20H17NO5. The Morgan fingerprint density at radius 2 is 1.73 bits per heavy atom. The first-order valence-corrected chi connectivity index (χ1v) is 8.24. The molecule has 1 aliphatic rings. The number of rotatable bonds is 4. The Morgan fingerprint density at radius 3 is 2.42 bits per heavy atom. The Labute approximate surface area is 150 Å². The van der Waals surface area contributed by atoms with Crippen LogP contribution in [0, 0.1) is 0 Å². The van der Waals surface area contributed by atoms with Gasteiger partial charge in [-0.25, -0.2) is 0 Å². The van der Waals surface area contributed by atoms with Crippen LogP contribution in [-0.2, 0) is 0 Å². The summed E-state index contributed by atoms with van der Waals surface area (Å²) in [6.45, 7) is 0.866. The van der Waals surface area contributed by atoms with Gasteiger partial charge in [-0.2, -0.15) is 0 Å². The predicted octanol–water partition coefficient (Wildman–Crippen LogP) is 3.38. The Balaban J connectivity index is 1.74. The molecule has 26 heavy (non-hydrogen) atoms. The van der Waals surface area contributed by atoms with Crippen molar-refractivity contribution in [1.29, 1.82) is 0 Å². The molecule has 6 heteroatoms. The van der Waals surface area contributed by atoms with Gasteiger partial charge in [-0.1, -0.05) is 30.3 Å². The number of ether oxygens (including phenoxy) is 2. The first kappa shape index (κ1) is 16.2. The molecule has 1 aliphatic heterocycles. The predicted molar refractivity (Wildman–Crippen MR) is 94.6 cm³/mol. The third-order valence-electron chi connectivity index (χ3n) is 4.12. The van der Waals surface area contributed by atoms with Crippen LogP contribution in [0.1, 0.15) is 27.8 Å². The van der Waals surface area contributed by atoms with Gasteiger partial charge in [-0.05, 0) is 23.8 Å². The highest BCUT2D eigenvalue weighted by Gasteiger charge is 2.23. The van der Waals surface area contributed by atoms with Crippen LogP contribution in [0.3, 0.4) is 0 Å². The molecule has 3 aromatic rings. The van der Waals surface area contributed by atoms with E-state index in [1.807, 2.05) is 30.3 Å². The highest BCUT2D eigenvalue weighted by molar-refractivity contribution is 6.03. The fourth-order valence-corrected chi connectivity index (χ4v) is 2.85. The normalized spacial score (nSPS) is 13.9. The molecule has 1 atom stereocenters. The summed E-state index contributed by atoms with van der Waals surface area (Å²) in [6, 6.07) is 15.8. The average molecular weight is 351 g/mol. The Hall–Kier alpha value is -3.25. The average Bonchev–Trinajstić information content (AvgIpc) is 3.22. The molecule has 1 amide bonds. The number of carbonyl (C=O) groups is 1. The van der Waals surface area contributed by atoms with Crippen molar-refractivity contribution in [3.8, 4) is 11.5 Å². The minimum Gasteiger partial charge on any atom is -0.486 e. The number of aliphatic hydroxyl groups is 1. The largest absolute Gasteiger partial charge is 0.486 e. The summed E-state index contributed by atoms with van der Waals surface area (Å²) in [7, 11) is 0. The number of nitrogens with one attached hydrogen (secondary N) is 1. The quantitative estimate of drug-likeness (QED) is 0.753. The van der Waals surface area contributed by atoms with Crippen molar-refractivity contribution in [3.05, 3.63) is 77.7 Å². The fourth-order valence-electron chi connectivity index (χ4n) is 2.85. The summed E-state index contributed by atoms with van der Waals surface area (Å²) >= 11 is 0. The summed E-state index contributed by atoms with van der Waals surface area (Å²) in [5.41, 5.74) is 1.66. The van der Waals surface area contributed by atoms with E-state index in [2.05, 4.69) is 5.32 Å². The van der Waals surface area contributed by atoms with Crippen molar-refractivity contribution in [2.75, 3.05) is 18.5 Å². The van der Waals surface area contributed by atoms with Crippen molar-refractivity contribution in [1.82, 2.24) is 0 Å². The molecule has 4 rings (SSSR count). The first-order valence-electron chi connectivity index (χ1n) is 8.24. The summed E-state index contributed by atoms with van der Waals surface area (Å²) in [4.78, 5) is 12.4. The third kappa shape index (κ3) is 3.14. The lowest BCUT2D eigenvalue weighted by molar-refractivity contribution is 0.0996. The van der Waals surface area contributed by atoms with Crippen LogP contribution in [0.4, 0.5) is 5.69 Å². The molecule has 0 aliphatic carbocycles. The standard InChI is InChI=1S/C20H17NO5/c22-19(13-5-2-1-3-6-13)14-11-17-18(26-10-9-25-17)12-15(14)21-20(23)16-7-4-8-24-16/h1-8,11-12,19,22H,9-10H2,(H,21,23)/t19-/m1/s1. The molecule has 0 spiro atoms. The van der Waals surface area contributed by atoms with Gasteiger partial charge in [0.2, 0.25) is 0 Å². The van der Waals surface area contributed by atoms with Gasteiger partial charge in [0.05, 0.1) is 12.0 Å². The van der Waals surface area contributed by atoms with Gasteiger partial charge in [0.1, 0.15) is 19.3 Å². The van der Waals surface area contributed by atoms with Gasteiger partial charge in [0, 0.05) is 11.6 Å². The third-order valence-corrected chi connectivity index (χ3v) is 4.12. The molecule has 0 saturated carbocycles. The van der Waals surface area contributed by atoms with E-state index in [0.717, 1.165) is 0 Å². The summed E-state index contributed by atoms with van der Waals surface area (Å²) in [6.07, 6.45) is 0.497. The monoisotopic (exact) mass is 351 g/mol. The van der Waals surface area contributed by atoms with Gasteiger partial charge < -0.3 is 24.3 Å². The number of amides is 1. The maximum absolute atomic E-state index is 12.4. The van der Waals surface area contributed by atoms with E-state index in [0.29, 0.717) is 41.5 Å². The van der Waals surface area contributed by atoms with Crippen molar-refractivity contribution in [2.24, 2.45) is 0 Å². The van der Waals surface area contributed by atoms with E-state index in [-0.39, 0.29) is 5.76 Å². The molecule has 0 bridgehead atoms. The van der Waals surface area contributed by atoms with Crippen LogP contribution in [0.25, 0.3) is 0 Å². The Bertz CT molecular complexity index is 905. The highest BCUT2D eigenvalue weighted by atomic mass is 16.6. The van der Waals surface area contributed by atoms with Crippen LogP contribution < -0.4 is 14.8 Å². The maximum Gasteiger partial charge on any atom is 0.291 e. The zero-order valence-corrected chi connectivity index (χ0v) is 13.8. The van der Waals surface area contributed by atoms with Crippen LogP contribution in [-0.4, -0.2) is 24.2 Å². The molecule has 1 aromatic heterocycles. The van der Waals surface area contributed by atoms with Gasteiger partial charge in [-0.3, -0.25) is 4.79 Å². The number of fused-ring (bicyclic) bond motifs is 1. The molecule has 2 aromatic carbocycles. The number of benzene rings is 2. The Kier molecular flexibility index (Phi) is 4.33. The zero-order chi connectivity index (χ0) is 17.9. The fraction of sp³-hybridized carbons (Fsp3) is 0.150. The molecule has 2 N–H and O–H groups in total. The van der Waals surface area contributed by atoms with E-state index in [1.165, 1.54) is 6.26 Å². The molecular weight excluding hydrogens is 334 g/mol. The number of carbonyl (C=O) groups excluding carboxylic acids is 1. The molecule has 2 heterocycles. The number of anilines is 1. The van der Waals surface area contributed by atoms with E-state index in [4.69, 9.17) is 13.9 Å². The van der Waals surface area contributed by atoms with Crippen molar-refractivity contribution in [2.45, 2.75) is 6.10 Å². The van der Waals surface area contributed by atoms with Crippen molar-refractivity contribution < 1.29 is 23.8 Å². The zero-order valence-electron chi connectivity index (χ0n) is 13.8. The second-order valence-corrected chi connectivity index (χ2v) is 5.83. The summed E-state index contributed by atoms with van der Waals surface area (Å²) in [5.74, 6) is 0.834. The number of aliphatic hydroxyl groups excluding tert-OH is 1. The molecule has 132 valence electrons. The first-order chi connectivity index (χ1) is 12.7. The molecule has 0 radical (unpaired) electrons. The topological polar surface area (TPSA) is 80.9 Å². The lowest BCUT2D eigenvalue weighted by Crippen LogP contribution is -2.18. The number of hydrogen-bond donors (Lipinski definition) is 2. The van der Waals surface area contributed by atoms with Gasteiger partial charge in [0.15, 0.2) is 17.3 Å². The minimum absolute atomic E-state index is 0.181. The van der Waals surface area contributed by atoms with Gasteiger partial charge in [-0.15, -0.1) is 0 Å². The maximum atomic E-state index is 12.4. The summed E-state index contributed by atoms with van der Waals surface area (Å²) < 4.78 is 16.3. The lowest BCUT2D eigenvalue weighted by atomic mass is 9.99. The van der Waals surface area contributed by atoms with Gasteiger partial charge >= 0.3 is 0 Å². The lowest BCUT2D eigenvalue weighted by Gasteiger charge is -2.23. The van der Waals surface area contributed by atoms with Crippen molar-refractivity contribution in [3.63, 3.8) is 0 Å². The van der Waals surface area contributed by atoms with Crippen LogP contribution in [0.15, 0.2) is 65.3 Å². The van der Waals surface area contributed by atoms with Crippen molar-refractivity contribution >= 4 is 11.6 Å². The van der Waals surface area contributed by atoms with Crippen LogP contribution in [0.2, 0.25) is 0 Å². The van der Waals surface area contributed by atoms with E-state index in [1.54, 1.807) is 24.3 Å². The van der Waals surface area contributed by atoms with E-state index in [9.17, 15) is 9.90 Å². The number of hydrogen-bond acceptors (Lipinski definition) is 5. The minimum atomic E-state index is -0.932. The van der Waals surface area contributed by atoms with E-state index < -0.39 is 12.0 Å². The molecule has 0 unspecified atom stereocenters. The molecule has 0 saturated heterocycles. The van der Waals surface area contributed by atoms with Crippen LogP contribution in [0.5, 0.6) is 11.5 Å². The SMILES string of the molecule is O=C(Nc1cc2c(cc1[C@H](O)c1ccccc1)OCCO2)c1ccco1. The smallest absolute Gasteiger partial charge is 0.291 e. The molecule has 6 nitrogen and oxygen atoms in total. The second kappa shape index (κ2) is 6.93. The Morgan fingerprint density at radius 1 is 1.00 bits per heavy atom. The van der Waals surface area contributed by atoms with Gasteiger partial charge in [0.25, 0.3) is 5.91 Å². The van der Waals surface area contributed by atoms with E-state index >= 15 is 0 Å². The second-order valence-electron chi connectivity index (χ2n) is 5.83. The highest BCUT2D eigenvalue weighted by Crippen LogP contribution is 2.39. The van der Waals surface area contributed by atoms with Crippen LogP contribution >= 0.6 is 0 Å².